The maximum atomic E-state index is 12.5. The lowest BCUT2D eigenvalue weighted by Gasteiger charge is -2.20. The third-order valence-corrected chi connectivity index (χ3v) is 5.56. The first-order valence-electron chi connectivity index (χ1n) is 9.62. The van der Waals surface area contributed by atoms with Crippen molar-refractivity contribution in [3.8, 4) is 11.5 Å². The van der Waals surface area contributed by atoms with Crippen molar-refractivity contribution in [2.24, 2.45) is 13.0 Å². The van der Waals surface area contributed by atoms with Crippen molar-refractivity contribution < 1.29 is 28.6 Å². The van der Waals surface area contributed by atoms with E-state index < -0.39 is 11.9 Å². The zero-order chi connectivity index (χ0) is 22.0. The molecule has 0 spiro atoms. The molecule has 1 aliphatic rings. The summed E-state index contributed by atoms with van der Waals surface area (Å²) in [7, 11) is 4.92. The highest BCUT2D eigenvalue weighted by Gasteiger charge is 2.37. The van der Waals surface area contributed by atoms with E-state index in [0.717, 1.165) is 11.4 Å². The van der Waals surface area contributed by atoms with E-state index in [1.54, 1.807) is 31.4 Å². The average molecular weight is 414 g/mol. The predicted octanol–water partition coefficient (Wildman–Crippen LogP) is 2.44. The van der Waals surface area contributed by atoms with Gasteiger partial charge < -0.3 is 23.7 Å². The molecule has 2 aromatic rings. The number of anilines is 1. The minimum atomic E-state index is -0.643. The Morgan fingerprint density at radius 1 is 1.13 bits per heavy atom. The molecule has 8 nitrogen and oxygen atoms in total. The number of ether oxygens (including phenoxy) is 3. The number of ketones is 1. The molecule has 0 bridgehead atoms. The zero-order valence-corrected chi connectivity index (χ0v) is 17.9. The summed E-state index contributed by atoms with van der Waals surface area (Å²) in [6, 6.07) is 6.90. The number of carbonyl (C=O) groups excluding carboxylic acids is 3. The van der Waals surface area contributed by atoms with Crippen molar-refractivity contribution in [3.63, 3.8) is 0 Å². The molecule has 1 aromatic heterocycles. The molecule has 30 heavy (non-hydrogen) atoms. The fraction of sp³-hybridized carbons (Fsp3) is 0.409. The fourth-order valence-electron chi connectivity index (χ4n) is 3.58. The highest BCUT2D eigenvalue weighted by Crippen LogP contribution is 2.36. The Morgan fingerprint density at radius 3 is 2.47 bits per heavy atom. The van der Waals surface area contributed by atoms with Crippen molar-refractivity contribution in [3.05, 3.63) is 41.2 Å². The van der Waals surface area contributed by atoms with Crippen molar-refractivity contribution in [1.82, 2.24) is 4.57 Å². The summed E-state index contributed by atoms with van der Waals surface area (Å²) in [6.07, 6.45) is 0.0195. The lowest BCUT2D eigenvalue weighted by molar-refractivity contribution is -0.147. The van der Waals surface area contributed by atoms with Gasteiger partial charge in [0.2, 0.25) is 11.7 Å². The van der Waals surface area contributed by atoms with Crippen LogP contribution in [0, 0.1) is 19.8 Å². The van der Waals surface area contributed by atoms with Crippen LogP contribution in [0.1, 0.15) is 28.2 Å². The predicted molar refractivity (Wildman–Crippen MR) is 110 cm³/mol. The number of hydrogen-bond donors (Lipinski definition) is 0. The van der Waals surface area contributed by atoms with E-state index in [1.165, 1.54) is 12.0 Å². The topological polar surface area (TPSA) is 87.1 Å². The van der Waals surface area contributed by atoms with E-state index in [9.17, 15) is 14.4 Å². The summed E-state index contributed by atoms with van der Waals surface area (Å²) in [6.45, 7) is 3.57. The highest BCUT2D eigenvalue weighted by atomic mass is 16.5. The van der Waals surface area contributed by atoms with E-state index in [0.29, 0.717) is 22.7 Å². The number of esters is 1. The Bertz CT molecular complexity index is 994. The molecule has 3 rings (SSSR count). The summed E-state index contributed by atoms with van der Waals surface area (Å²) >= 11 is 0. The lowest BCUT2D eigenvalue weighted by Crippen LogP contribution is -2.27. The van der Waals surface area contributed by atoms with Crippen LogP contribution in [0.2, 0.25) is 0 Å². The van der Waals surface area contributed by atoms with Gasteiger partial charge in [0.15, 0.2) is 6.61 Å². The molecular formula is C22H26N2O6. The first kappa shape index (κ1) is 21.4. The van der Waals surface area contributed by atoms with Gasteiger partial charge in [0.25, 0.3) is 0 Å². The molecular weight excluding hydrogens is 388 g/mol. The normalized spacial score (nSPS) is 16.0. The van der Waals surface area contributed by atoms with E-state index >= 15 is 0 Å². The molecule has 0 radical (unpaired) electrons. The number of nitrogens with zero attached hydrogens (tertiary/aromatic N) is 2. The second-order valence-electron chi connectivity index (χ2n) is 7.32. The molecule has 0 saturated carbocycles. The van der Waals surface area contributed by atoms with Crippen LogP contribution >= 0.6 is 0 Å². The molecule has 0 aliphatic carbocycles. The SMILES string of the molecule is COc1ccc(N2C[C@H](C(=O)OCC(=O)c3cc(C)n(C)c3C)CC2=O)c(OC)c1. The maximum Gasteiger partial charge on any atom is 0.311 e. The molecule has 0 N–H and O–H groups in total. The Hall–Kier alpha value is -3.29. The van der Waals surface area contributed by atoms with Crippen LogP contribution in [0.5, 0.6) is 11.5 Å². The number of methoxy groups -OCH3 is 2. The number of benzene rings is 1. The number of amides is 1. The molecule has 0 unspecified atom stereocenters. The maximum absolute atomic E-state index is 12.5. The second kappa shape index (κ2) is 8.61. The number of rotatable bonds is 7. The van der Waals surface area contributed by atoms with Crippen molar-refractivity contribution >= 4 is 23.3 Å². The van der Waals surface area contributed by atoms with Gasteiger partial charge in [-0.05, 0) is 32.0 Å². The van der Waals surface area contributed by atoms with Crippen molar-refractivity contribution in [1.29, 1.82) is 0 Å². The molecule has 1 atom stereocenters. The summed E-state index contributed by atoms with van der Waals surface area (Å²) in [5.74, 6) is -0.596. The summed E-state index contributed by atoms with van der Waals surface area (Å²) in [4.78, 5) is 39.0. The van der Waals surface area contributed by atoms with Gasteiger partial charge in [-0.3, -0.25) is 14.4 Å². The highest BCUT2D eigenvalue weighted by molar-refractivity contribution is 6.02. The minimum absolute atomic E-state index is 0.0195. The number of carbonyl (C=O) groups is 3. The van der Waals surface area contributed by atoms with Crippen LogP contribution in [-0.4, -0.2) is 49.6 Å². The molecule has 2 heterocycles. The van der Waals surface area contributed by atoms with E-state index in [-0.39, 0.29) is 31.3 Å². The Labute approximate surface area is 175 Å². The third-order valence-electron chi connectivity index (χ3n) is 5.56. The van der Waals surface area contributed by atoms with E-state index in [4.69, 9.17) is 14.2 Å². The quantitative estimate of drug-likeness (QED) is 0.511. The van der Waals surface area contributed by atoms with Gasteiger partial charge >= 0.3 is 5.97 Å². The van der Waals surface area contributed by atoms with E-state index in [2.05, 4.69) is 0 Å². The Kier molecular flexibility index (Phi) is 6.14. The van der Waals surface area contributed by atoms with Crippen LogP contribution in [0.15, 0.2) is 24.3 Å². The zero-order valence-electron chi connectivity index (χ0n) is 17.9. The molecule has 8 heteroatoms. The van der Waals surface area contributed by atoms with Gasteiger partial charge in [-0.15, -0.1) is 0 Å². The standard InChI is InChI=1S/C22H26N2O6/c1-13-8-17(14(2)23(13)3)19(25)12-30-22(27)15-9-21(26)24(11-15)18-7-6-16(28-4)10-20(18)29-5/h6-8,10,15H,9,11-12H2,1-5H3/t15-/m1/s1. The van der Waals surface area contributed by atoms with Gasteiger partial charge in [0.05, 0.1) is 25.8 Å². The largest absolute Gasteiger partial charge is 0.497 e. The van der Waals surface area contributed by atoms with Gasteiger partial charge in [0, 0.05) is 43.0 Å². The average Bonchev–Trinajstić information content (AvgIpc) is 3.26. The van der Waals surface area contributed by atoms with Crippen molar-refractivity contribution in [2.75, 3.05) is 32.3 Å². The third kappa shape index (κ3) is 4.03. The molecule has 1 aliphatic heterocycles. The number of Topliss-reactive ketones (excluding diaryl/α,β-unsaturated/α-hetero) is 1. The molecule has 1 aromatic carbocycles. The first-order valence-corrected chi connectivity index (χ1v) is 9.62. The van der Waals surface area contributed by atoms with Crippen molar-refractivity contribution in [2.45, 2.75) is 20.3 Å². The van der Waals surface area contributed by atoms with Crippen LogP contribution in [0.4, 0.5) is 5.69 Å². The number of aromatic nitrogens is 1. The van der Waals surface area contributed by atoms with Crippen LogP contribution in [0.25, 0.3) is 0 Å². The summed E-state index contributed by atoms with van der Waals surface area (Å²) in [5.41, 5.74) is 2.87. The minimum Gasteiger partial charge on any atom is -0.497 e. The van der Waals surface area contributed by atoms with Crippen LogP contribution in [-0.2, 0) is 21.4 Å². The molecule has 1 amide bonds. The van der Waals surface area contributed by atoms with E-state index in [1.807, 2.05) is 25.5 Å². The van der Waals surface area contributed by atoms with Crippen LogP contribution in [0.3, 0.4) is 0 Å². The molecule has 160 valence electrons. The first-order chi connectivity index (χ1) is 14.3. The monoisotopic (exact) mass is 414 g/mol. The van der Waals surface area contributed by atoms with Gasteiger partial charge in [-0.25, -0.2) is 0 Å². The van der Waals surface area contributed by atoms with Gasteiger partial charge in [-0.1, -0.05) is 0 Å². The Balaban J connectivity index is 1.65. The number of hydrogen-bond acceptors (Lipinski definition) is 6. The lowest BCUT2D eigenvalue weighted by atomic mass is 10.1. The molecule has 1 fully saturated rings. The Morgan fingerprint density at radius 2 is 1.87 bits per heavy atom. The van der Waals surface area contributed by atoms with Gasteiger partial charge in [0.1, 0.15) is 11.5 Å². The van der Waals surface area contributed by atoms with Gasteiger partial charge in [-0.2, -0.15) is 0 Å². The fourth-order valence-corrected chi connectivity index (χ4v) is 3.58. The molecule has 1 saturated heterocycles. The summed E-state index contributed by atoms with van der Waals surface area (Å²) < 4.78 is 17.7. The van der Waals surface area contributed by atoms with Crippen LogP contribution < -0.4 is 14.4 Å². The summed E-state index contributed by atoms with van der Waals surface area (Å²) in [5, 5.41) is 0. The second-order valence-corrected chi connectivity index (χ2v) is 7.32. The smallest absolute Gasteiger partial charge is 0.311 e. The number of aryl methyl sites for hydroxylation is 1.